The Bertz CT molecular complexity index is 216. The molecule has 0 saturated carbocycles. The first-order valence-electron chi connectivity index (χ1n) is 4.82. The largest absolute Gasteiger partial charge is 0.308 e. The topological polar surface area (TPSA) is 12.0 Å². The highest BCUT2D eigenvalue weighted by Gasteiger charge is 1.90. The Balaban J connectivity index is 0.00000169. The summed E-state index contributed by atoms with van der Waals surface area (Å²) < 4.78 is 0. The van der Waals surface area contributed by atoms with Crippen LogP contribution in [-0.2, 0) is 0 Å². The van der Waals surface area contributed by atoms with Gasteiger partial charge >= 0.3 is 0 Å². The lowest BCUT2D eigenvalue weighted by molar-refractivity contribution is 0.700. The highest BCUT2D eigenvalue weighted by Crippen LogP contribution is 2.14. The van der Waals surface area contributed by atoms with E-state index < -0.39 is 0 Å². The first kappa shape index (κ1) is 13.8. The molecule has 14 heavy (non-hydrogen) atoms. The van der Waals surface area contributed by atoms with Crippen molar-refractivity contribution < 1.29 is 0 Å². The van der Waals surface area contributed by atoms with Crippen LogP contribution in [0.15, 0.2) is 35.2 Å². The molecule has 80 valence electrons. The molecule has 3 heteroatoms. The third-order valence-electron chi connectivity index (χ3n) is 1.79. The Labute approximate surface area is 97.1 Å². The van der Waals surface area contributed by atoms with Crippen LogP contribution in [0.5, 0.6) is 0 Å². The predicted octanol–water partition coefficient (Wildman–Crippen LogP) is 3.55. The summed E-state index contributed by atoms with van der Waals surface area (Å²) in [5.41, 5.74) is 0. The van der Waals surface area contributed by atoms with Crippen molar-refractivity contribution in [3.05, 3.63) is 30.3 Å². The van der Waals surface area contributed by atoms with Gasteiger partial charge in [-0.2, -0.15) is 0 Å². The van der Waals surface area contributed by atoms with Crippen molar-refractivity contribution >= 4 is 24.2 Å². The first-order valence-corrected chi connectivity index (χ1v) is 5.80. The predicted molar refractivity (Wildman–Crippen MR) is 67.3 cm³/mol. The average molecular weight is 232 g/mol. The van der Waals surface area contributed by atoms with Gasteiger partial charge in [-0.15, -0.1) is 24.2 Å². The number of rotatable bonds is 6. The molecule has 0 fully saturated rings. The molecule has 0 aliphatic heterocycles. The molecule has 0 heterocycles. The second-order valence-corrected chi connectivity index (χ2v) is 4.00. The molecule has 0 atom stereocenters. The summed E-state index contributed by atoms with van der Waals surface area (Å²) in [5, 5.41) is 3.40. The van der Waals surface area contributed by atoms with Gasteiger partial charge in [0.15, 0.2) is 0 Å². The van der Waals surface area contributed by atoms with Crippen LogP contribution in [0.25, 0.3) is 0 Å². The van der Waals surface area contributed by atoms with Gasteiger partial charge in [0.25, 0.3) is 0 Å². The monoisotopic (exact) mass is 231 g/mol. The quantitative estimate of drug-likeness (QED) is 0.457. The van der Waals surface area contributed by atoms with Gasteiger partial charge in [-0.25, -0.2) is 0 Å². The molecular weight excluding hydrogens is 214 g/mol. The van der Waals surface area contributed by atoms with Crippen molar-refractivity contribution in [2.24, 2.45) is 0 Å². The van der Waals surface area contributed by atoms with Crippen LogP contribution in [0.1, 0.15) is 19.8 Å². The van der Waals surface area contributed by atoms with E-state index in [1.807, 2.05) is 11.8 Å². The molecule has 1 aromatic rings. The van der Waals surface area contributed by atoms with Gasteiger partial charge < -0.3 is 5.32 Å². The molecule has 0 aliphatic rings. The fraction of sp³-hybridized carbons (Fsp3) is 0.455. The second kappa shape index (κ2) is 9.38. The zero-order valence-electron chi connectivity index (χ0n) is 8.53. The SMILES string of the molecule is CCCCNCSc1ccccc1.Cl. The molecule has 0 saturated heterocycles. The highest BCUT2D eigenvalue weighted by molar-refractivity contribution is 7.99. The van der Waals surface area contributed by atoms with E-state index in [0.717, 1.165) is 12.4 Å². The maximum Gasteiger partial charge on any atom is 0.0465 e. The number of hydrogen-bond donors (Lipinski definition) is 1. The van der Waals surface area contributed by atoms with Crippen LogP contribution in [0.3, 0.4) is 0 Å². The van der Waals surface area contributed by atoms with Crippen LogP contribution >= 0.6 is 24.2 Å². The van der Waals surface area contributed by atoms with Gasteiger partial charge in [-0.1, -0.05) is 31.5 Å². The van der Waals surface area contributed by atoms with E-state index in [0.29, 0.717) is 0 Å². The third kappa shape index (κ3) is 6.30. The summed E-state index contributed by atoms with van der Waals surface area (Å²) in [5.74, 6) is 1.02. The van der Waals surface area contributed by atoms with E-state index >= 15 is 0 Å². The Morgan fingerprint density at radius 2 is 1.93 bits per heavy atom. The molecule has 0 radical (unpaired) electrons. The van der Waals surface area contributed by atoms with Gasteiger partial charge in [0, 0.05) is 10.8 Å². The van der Waals surface area contributed by atoms with Gasteiger partial charge in [-0.05, 0) is 25.1 Å². The summed E-state index contributed by atoms with van der Waals surface area (Å²) >= 11 is 1.86. The summed E-state index contributed by atoms with van der Waals surface area (Å²) in [6, 6.07) is 10.5. The smallest absolute Gasteiger partial charge is 0.0465 e. The Kier molecular flexibility index (Phi) is 9.26. The highest BCUT2D eigenvalue weighted by atomic mass is 35.5. The normalized spacial score (nSPS) is 9.50. The number of nitrogens with one attached hydrogen (secondary N) is 1. The molecule has 0 unspecified atom stereocenters. The molecular formula is C11H18ClNS. The Hall–Kier alpha value is -0.180. The molecule has 0 aliphatic carbocycles. The summed E-state index contributed by atoms with van der Waals surface area (Å²) in [4.78, 5) is 1.34. The van der Waals surface area contributed by atoms with E-state index in [9.17, 15) is 0 Å². The molecule has 1 aromatic carbocycles. The number of halogens is 1. The van der Waals surface area contributed by atoms with Crippen molar-refractivity contribution in [1.82, 2.24) is 5.32 Å². The number of hydrogen-bond acceptors (Lipinski definition) is 2. The maximum absolute atomic E-state index is 3.40. The van der Waals surface area contributed by atoms with E-state index in [2.05, 4.69) is 42.6 Å². The Morgan fingerprint density at radius 3 is 2.57 bits per heavy atom. The zero-order chi connectivity index (χ0) is 9.36. The van der Waals surface area contributed by atoms with Crippen molar-refractivity contribution in [2.45, 2.75) is 24.7 Å². The fourth-order valence-corrected chi connectivity index (χ4v) is 1.79. The van der Waals surface area contributed by atoms with Gasteiger partial charge in [0.05, 0.1) is 0 Å². The van der Waals surface area contributed by atoms with E-state index in [-0.39, 0.29) is 12.4 Å². The lowest BCUT2D eigenvalue weighted by atomic mass is 10.3. The molecule has 1 nitrogen and oxygen atoms in total. The van der Waals surface area contributed by atoms with Crippen LogP contribution < -0.4 is 5.32 Å². The van der Waals surface area contributed by atoms with Crippen molar-refractivity contribution in [1.29, 1.82) is 0 Å². The standard InChI is InChI=1S/C11H17NS.ClH/c1-2-3-9-12-10-13-11-7-5-4-6-8-11;/h4-8,12H,2-3,9-10H2,1H3;1H. The lowest BCUT2D eigenvalue weighted by Gasteiger charge is -2.02. The minimum atomic E-state index is 0. The third-order valence-corrected chi connectivity index (χ3v) is 2.75. The molecule has 0 aromatic heterocycles. The van der Waals surface area contributed by atoms with Crippen LogP contribution in [0.2, 0.25) is 0 Å². The number of thioether (sulfide) groups is 1. The lowest BCUT2D eigenvalue weighted by Crippen LogP contribution is -2.13. The minimum Gasteiger partial charge on any atom is -0.308 e. The zero-order valence-corrected chi connectivity index (χ0v) is 10.2. The molecule has 0 spiro atoms. The van der Waals surface area contributed by atoms with Crippen molar-refractivity contribution in [3.63, 3.8) is 0 Å². The molecule has 1 rings (SSSR count). The van der Waals surface area contributed by atoms with E-state index in [4.69, 9.17) is 0 Å². The van der Waals surface area contributed by atoms with Gasteiger partial charge in [-0.3, -0.25) is 0 Å². The molecule has 1 N–H and O–H groups in total. The summed E-state index contributed by atoms with van der Waals surface area (Å²) in [6.45, 7) is 3.35. The van der Waals surface area contributed by atoms with Crippen LogP contribution in [0, 0.1) is 0 Å². The summed E-state index contributed by atoms with van der Waals surface area (Å²) in [6.07, 6.45) is 2.54. The summed E-state index contributed by atoms with van der Waals surface area (Å²) in [7, 11) is 0. The van der Waals surface area contributed by atoms with E-state index in [1.54, 1.807) is 0 Å². The van der Waals surface area contributed by atoms with Crippen molar-refractivity contribution in [3.8, 4) is 0 Å². The van der Waals surface area contributed by atoms with Gasteiger partial charge in [0.1, 0.15) is 0 Å². The minimum absolute atomic E-state index is 0. The Morgan fingerprint density at radius 1 is 1.21 bits per heavy atom. The number of unbranched alkanes of at least 4 members (excludes halogenated alkanes) is 1. The number of benzene rings is 1. The van der Waals surface area contributed by atoms with Crippen LogP contribution in [0.4, 0.5) is 0 Å². The fourth-order valence-electron chi connectivity index (χ4n) is 1.03. The maximum atomic E-state index is 3.40. The average Bonchev–Trinajstić information content (AvgIpc) is 2.19. The second-order valence-electron chi connectivity index (χ2n) is 2.96. The molecule has 0 amide bonds. The van der Waals surface area contributed by atoms with Gasteiger partial charge in [0.2, 0.25) is 0 Å². The van der Waals surface area contributed by atoms with Crippen LogP contribution in [-0.4, -0.2) is 12.4 Å². The first-order chi connectivity index (χ1) is 6.43. The molecule has 0 bridgehead atoms. The van der Waals surface area contributed by atoms with Crippen molar-refractivity contribution in [2.75, 3.05) is 12.4 Å². The van der Waals surface area contributed by atoms with E-state index in [1.165, 1.54) is 17.7 Å².